The van der Waals surface area contributed by atoms with Crippen molar-refractivity contribution in [2.24, 2.45) is 0 Å². The number of hydrogen-bond donors (Lipinski definition) is 2. The molecule has 0 atom stereocenters. The molecule has 0 radical (unpaired) electrons. The zero-order valence-electron chi connectivity index (χ0n) is 9.92. The van der Waals surface area contributed by atoms with Gasteiger partial charge in [-0.1, -0.05) is 13.8 Å². The Kier molecular flexibility index (Phi) is 5.32. The minimum atomic E-state index is -0.0615. The minimum absolute atomic E-state index is 0.0615. The Morgan fingerprint density at radius 2 is 2.06 bits per heavy atom. The van der Waals surface area contributed by atoms with E-state index >= 15 is 0 Å². The third kappa shape index (κ3) is 3.53. The summed E-state index contributed by atoms with van der Waals surface area (Å²) in [7, 11) is 0. The first kappa shape index (κ1) is 12.5. The Hall–Kier alpha value is -1.58. The van der Waals surface area contributed by atoms with E-state index in [1.165, 1.54) is 0 Å². The van der Waals surface area contributed by atoms with Crippen LogP contribution in [0.15, 0.2) is 18.3 Å². The molecule has 1 amide bonds. The summed E-state index contributed by atoms with van der Waals surface area (Å²) >= 11 is 0. The molecule has 0 aromatic carbocycles. The minimum Gasteiger partial charge on any atom is -0.369 e. The van der Waals surface area contributed by atoms with Gasteiger partial charge in [-0.05, 0) is 25.0 Å². The molecule has 0 saturated heterocycles. The summed E-state index contributed by atoms with van der Waals surface area (Å²) in [5.74, 6) is 0.603. The molecule has 0 unspecified atom stereocenters. The van der Waals surface area contributed by atoms with E-state index in [-0.39, 0.29) is 5.91 Å². The molecule has 1 aromatic heterocycles. The van der Waals surface area contributed by atoms with Crippen LogP contribution in [-0.4, -0.2) is 24.0 Å². The van der Waals surface area contributed by atoms with Crippen LogP contribution in [0.3, 0.4) is 0 Å². The van der Waals surface area contributed by atoms with Gasteiger partial charge < -0.3 is 10.6 Å². The number of pyridine rings is 1. The van der Waals surface area contributed by atoms with Crippen LogP contribution in [0.4, 0.5) is 5.82 Å². The largest absolute Gasteiger partial charge is 0.369 e. The lowest BCUT2D eigenvalue weighted by atomic mass is 10.2. The number of carbonyl (C=O) groups excluding carboxylic acids is 1. The summed E-state index contributed by atoms with van der Waals surface area (Å²) in [5.41, 5.74) is 0.615. The molecule has 2 N–H and O–H groups in total. The van der Waals surface area contributed by atoms with Gasteiger partial charge in [0.25, 0.3) is 5.91 Å². The number of aromatic nitrogens is 1. The van der Waals surface area contributed by atoms with Crippen molar-refractivity contribution in [1.29, 1.82) is 0 Å². The maximum atomic E-state index is 11.8. The molecule has 4 heteroatoms. The van der Waals surface area contributed by atoms with Gasteiger partial charge in [0.1, 0.15) is 5.82 Å². The normalized spacial score (nSPS) is 9.88. The first-order valence-corrected chi connectivity index (χ1v) is 5.76. The van der Waals surface area contributed by atoms with Gasteiger partial charge in [0, 0.05) is 19.3 Å². The summed E-state index contributed by atoms with van der Waals surface area (Å²) in [5, 5.41) is 5.99. The third-order valence-electron chi connectivity index (χ3n) is 2.13. The molecule has 0 saturated carbocycles. The highest BCUT2D eigenvalue weighted by Gasteiger charge is 2.10. The molecular formula is C12H19N3O. The molecule has 4 nitrogen and oxygen atoms in total. The first-order valence-electron chi connectivity index (χ1n) is 5.76. The van der Waals surface area contributed by atoms with Crippen LogP contribution in [0.25, 0.3) is 0 Å². The number of carbonyl (C=O) groups is 1. The summed E-state index contributed by atoms with van der Waals surface area (Å²) < 4.78 is 0. The van der Waals surface area contributed by atoms with Gasteiger partial charge in [-0.2, -0.15) is 0 Å². The van der Waals surface area contributed by atoms with Crippen molar-refractivity contribution in [3.8, 4) is 0 Å². The van der Waals surface area contributed by atoms with Crippen LogP contribution >= 0.6 is 0 Å². The van der Waals surface area contributed by atoms with E-state index < -0.39 is 0 Å². The summed E-state index contributed by atoms with van der Waals surface area (Å²) in [4.78, 5) is 16.0. The molecule has 0 aliphatic rings. The summed E-state index contributed by atoms with van der Waals surface area (Å²) in [6, 6.07) is 3.56. The first-order chi connectivity index (χ1) is 7.79. The Morgan fingerprint density at radius 1 is 1.31 bits per heavy atom. The number of anilines is 1. The molecular weight excluding hydrogens is 202 g/mol. The Morgan fingerprint density at radius 3 is 2.75 bits per heavy atom. The van der Waals surface area contributed by atoms with E-state index in [2.05, 4.69) is 22.5 Å². The van der Waals surface area contributed by atoms with Crippen molar-refractivity contribution in [2.45, 2.75) is 26.7 Å². The summed E-state index contributed by atoms with van der Waals surface area (Å²) in [6.07, 6.45) is 3.63. The van der Waals surface area contributed by atoms with Crippen molar-refractivity contribution < 1.29 is 4.79 Å². The smallest absolute Gasteiger partial charge is 0.255 e. The average molecular weight is 221 g/mol. The van der Waals surface area contributed by atoms with E-state index in [0.717, 1.165) is 19.4 Å². The van der Waals surface area contributed by atoms with Crippen molar-refractivity contribution in [1.82, 2.24) is 10.3 Å². The van der Waals surface area contributed by atoms with Crippen LogP contribution in [0.5, 0.6) is 0 Å². The second kappa shape index (κ2) is 6.82. The predicted octanol–water partition coefficient (Wildman–Crippen LogP) is 2.04. The highest BCUT2D eigenvalue weighted by Crippen LogP contribution is 2.10. The van der Waals surface area contributed by atoms with E-state index in [1.54, 1.807) is 18.3 Å². The molecule has 0 aliphatic carbocycles. The summed E-state index contributed by atoms with van der Waals surface area (Å²) in [6.45, 7) is 5.62. The van der Waals surface area contributed by atoms with Crippen molar-refractivity contribution in [3.63, 3.8) is 0 Å². The standard InChI is InChI=1S/C12H19N3O/c1-3-7-13-11-10(6-5-9-14-11)12(16)15-8-4-2/h5-6,9H,3-4,7-8H2,1-2H3,(H,13,14)(H,15,16). The molecule has 0 fully saturated rings. The third-order valence-corrected chi connectivity index (χ3v) is 2.13. The monoisotopic (exact) mass is 221 g/mol. The molecule has 0 bridgehead atoms. The zero-order chi connectivity index (χ0) is 11.8. The lowest BCUT2D eigenvalue weighted by molar-refractivity contribution is 0.0954. The quantitative estimate of drug-likeness (QED) is 0.773. The second-order valence-electron chi connectivity index (χ2n) is 3.58. The number of rotatable bonds is 6. The Balaban J connectivity index is 2.73. The van der Waals surface area contributed by atoms with Crippen LogP contribution in [0, 0.1) is 0 Å². The van der Waals surface area contributed by atoms with E-state index in [0.29, 0.717) is 17.9 Å². The highest BCUT2D eigenvalue weighted by molar-refractivity contribution is 5.98. The lowest BCUT2D eigenvalue weighted by Crippen LogP contribution is -2.25. The van der Waals surface area contributed by atoms with Crippen molar-refractivity contribution in [2.75, 3.05) is 18.4 Å². The zero-order valence-corrected chi connectivity index (χ0v) is 9.92. The number of nitrogens with one attached hydrogen (secondary N) is 2. The maximum absolute atomic E-state index is 11.8. The van der Waals surface area contributed by atoms with Gasteiger partial charge >= 0.3 is 0 Å². The molecule has 1 heterocycles. The Bertz CT molecular complexity index is 339. The van der Waals surface area contributed by atoms with Gasteiger partial charge in [-0.15, -0.1) is 0 Å². The molecule has 0 aliphatic heterocycles. The lowest BCUT2D eigenvalue weighted by Gasteiger charge is -2.09. The average Bonchev–Trinajstić information content (AvgIpc) is 2.33. The van der Waals surface area contributed by atoms with Crippen LogP contribution in [0.2, 0.25) is 0 Å². The van der Waals surface area contributed by atoms with E-state index in [1.807, 2.05) is 6.92 Å². The van der Waals surface area contributed by atoms with Gasteiger partial charge in [-0.3, -0.25) is 4.79 Å². The van der Waals surface area contributed by atoms with Gasteiger partial charge in [-0.25, -0.2) is 4.98 Å². The fraction of sp³-hybridized carbons (Fsp3) is 0.500. The SMILES string of the molecule is CCCNC(=O)c1cccnc1NCCC. The molecule has 1 aromatic rings. The molecule has 0 spiro atoms. The second-order valence-corrected chi connectivity index (χ2v) is 3.58. The molecule has 1 rings (SSSR count). The van der Waals surface area contributed by atoms with Crippen molar-refractivity contribution in [3.05, 3.63) is 23.9 Å². The number of amides is 1. The Labute approximate surface area is 96.5 Å². The van der Waals surface area contributed by atoms with Crippen molar-refractivity contribution >= 4 is 11.7 Å². The maximum Gasteiger partial charge on any atom is 0.255 e. The number of nitrogens with zero attached hydrogens (tertiary/aromatic N) is 1. The molecule has 88 valence electrons. The fourth-order valence-corrected chi connectivity index (χ4v) is 1.31. The highest BCUT2D eigenvalue weighted by atomic mass is 16.1. The number of hydrogen-bond acceptors (Lipinski definition) is 3. The van der Waals surface area contributed by atoms with Gasteiger partial charge in [0.2, 0.25) is 0 Å². The van der Waals surface area contributed by atoms with Crippen LogP contribution < -0.4 is 10.6 Å². The van der Waals surface area contributed by atoms with E-state index in [4.69, 9.17) is 0 Å². The van der Waals surface area contributed by atoms with Gasteiger partial charge in [0.05, 0.1) is 5.56 Å². The predicted molar refractivity (Wildman–Crippen MR) is 65.6 cm³/mol. The van der Waals surface area contributed by atoms with Gasteiger partial charge in [0.15, 0.2) is 0 Å². The fourth-order valence-electron chi connectivity index (χ4n) is 1.31. The van der Waals surface area contributed by atoms with E-state index in [9.17, 15) is 4.79 Å². The topological polar surface area (TPSA) is 54.0 Å². The van der Waals surface area contributed by atoms with Crippen LogP contribution in [-0.2, 0) is 0 Å². The molecule has 16 heavy (non-hydrogen) atoms. The van der Waals surface area contributed by atoms with Crippen LogP contribution in [0.1, 0.15) is 37.0 Å².